The van der Waals surface area contributed by atoms with Crippen LogP contribution < -0.4 is 5.32 Å². The number of carbonyl (C=O) groups is 1. The highest BCUT2D eigenvalue weighted by Gasteiger charge is 2.33. The molecule has 1 aliphatic carbocycles. The zero-order valence-electron chi connectivity index (χ0n) is 19.9. The van der Waals surface area contributed by atoms with E-state index in [-0.39, 0.29) is 23.9 Å². The number of halogens is 3. The summed E-state index contributed by atoms with van der Waals surface area (Å²) in [7, 11) is 1.88. The summed E-state index contributed by atoms with van der Waals surface area (Å²) in [5.74, 6) is 0.619. The van der Waals surface area contributed by atoms with Gasteiger partial charge in [0.2, 0.25) is 0 Å². The van der Waals surface area contributed by atoms with Crippen molar-refractivity contribution < 1.29 is 28.2 Å². The highest BCUT2D eigenvalue weighted by molar-refractivity contribution is 6.04. The normalized spacial score (nSPS) is 19.2. The van der Waals surface area contributed by atoms with E-state index in [4.69, 9.17) is 4.98 Å². The summed E-state index contributed by atoms with van der Waals surface area (Å²) in [6.45, 7) is 3.31. The molecule has 0 saturated heterocycles. The second-order valence-corrected chi connectivity index (χ2v) is 9.73. The molecule has 1 saturated carbocycles. The summed E-state index contributed by atoms with van der Waals surface area (Å²) in [5, 5.41) is 22.8. The minimum atomic E-state index is -4.67. The van der Waals surface area contributed by atoms with Crippen LogP contribution in [0.1, 0.15) is 73.0 Å². The van der Waals surface area contributed by atoms with E-state index in [1.807, 2.05) is 11.6 Å². The van der Waals surface area contributed by atoms with Gasteiger partial charge in [-0.25, -0.2) is 9.97 Å². The molecule has 1 amide bonds. The van der Waals surface area contributed by atoms with Crippen LogP contribution in [0.2, 0.25) is 0 Å². The van der Waals surface area contributed by atoms with E-state index in [2.05, 4.69) is 10.3 Å². The van der Waals surface area contributed by atoms with Gasteiger partial charge in [-0.15, -0.1) is 0 Å². The second-order valence-electron chi connectivity index (χ2n) is 9.73. The number of aliphatic hydroxyl groups excluding tert-OH is 1. The summed E-state index contributed by atoms with van der Waals surface area (Å²) in [6.07, 6.45) is -1.01. The number of nitrogens with one attached hydrogen (secondary N) is 1. The third-order valence-corrected chi connectivity index (χ3v) is 6.70. The molecule has 0 bridgehead atoms. The van der Waals surface area contributed by atoms with Gasteiger partial charge in [0.05, 0.1) is 16.6 Å². The topological polar surface area (TPSA) is 100 Å². The molecule has 10 heteroatoms. The zero-order valence-corrected chi connectivity index (χ0v) is 19.9. The molecule has 1 aliphatic rings. The number of carbonyl (C=O) groups excluding carboxylic acids is 1. The number of amides is 1. The first kappa shape index (κ1) is 25.1. The second kappa shape index (κ2) is 9.23. The van der Waals surface area contributed by atoms with Crippen molar-refractivity contribution in [2.45, 2.75) is 57.2 Å². The van der Waals surface area contributed by atoms with Crippen LogP contribution >= 0.6 is 0 Å². The number of hydrogen-bond acceptors (Lipinski definition) is 5. The SMILES string of the molecule is Cn1c(C2CCC(CO)CC2)nc2cc(C(C)(C)O)c(NC(=O)c3cccc(C(F)(F)F)n3)cc21. The number of aromatic nitrogens is 3. The number of aryl methyl sites for hydroxylation is 1. The van der Waals surface area contributed by atoms with Gasteiger partial charge in [0.15, 0.2) is 0 Å². The van der Waals surface area contributed by atoms with Crippen LogP contribution in [0, 0.1) is 5.92 Å². The number of alkyl halides is 3. The molecule has 3 aromatic rings. The molecule has 7 nitrogen and oxygen atoms in total. The Labute approximate surface area is 201 Å². The monoisotopic (exact) mass is 490 g/mol. The summed E-state index contributed by atoms with van der Waals surface area (Å²) < 4.78 is 41.1. The number of nitrogens with zero attached hydrogens (tertiary/aromatic N) is 3. The molecule has 188 valence electrons. The molecule has 2 aromatic heterocycles. The number of pyridine rings is 1. The predicted molar refractivity (Wildman–Crippen MR) is 125 cm³/mol. The molecule has 0 radical (unpaired) electrons. The Bertz CT molecular complexity index is 1240. The van der Waals surface area contributed by atoms with E-state index in [9.17, 15) is 28.2 Å². The molecule has 3 N–H and O–H groups in total. The van der Waals surface area contributed by atoms with Crippen molar-refractivity contribution in [1.82, 2.24) is 14.5 Å². The molecule has 0 atom stereocenters. The van der Waals surface area contributed by atoms with Crippen LogP contribution in [-0.4, -0.2) is 37.3 Å². The van der Waals surface area contributed by atoms with Crippen LogP contribution in [0.15, 0.2) is 30.3 Å². The van der Waals surface area contributed by atoms with Crippen LogP contribution in [0.4, 0.5) is 18.9 Å². The van der Waals surface area contributed by atoms with Crippen molar-refractivity contribution in [3.63, 3.8) is 0 Å². The van der Waals surface area contributed by atoms with Crippen molar-refractivity contribution in [3.8, 4) is 0 Å². The highest BCUT2D eigenvalue weighted by atomic mass is 19.4. The van der Waals surface area contributed by atoms with Crippen LogP contribution in [0.5, 0.6) is 0 Å². The van der Waals surface area contributed by atoms with Crippen molar-refractivity contribution in [1.29, 1.82) is 0 Å². The number of benzene rings is 1. The molecule has 0 unspecified atom stereocenters. The smallest absolute Gasteiger partial charge is 0.396 e. The Hall–Kier alpha value is -2.98. The Balaban J connectivity index is 1.70. The Morgan fingerprint density at radius 1 is 1.14 bits per heavy atom. The lowest BCUT2D eigenvalue weighted by atomic mass is 9.82. The summed E-state index contributed by atoms with van der Waals surface area (Å²) in [5.41, 5.74) is -0.853. The number of fused-ring (bicyclic) bond motifs is 1. The lowest BCUT2D eigenvalue weighted by Gasteiger charge is -2.26. The standard InChI is InChI=1S/C25H29F3N4O3/c1-24(2,35)16-11-19-20(32(3)22(30-19)15-9-7-14(13-33)8-10-15)12-18(16)31-23(34)17-5-4-6-21(29-17)25(26,27)28/h4-6,11-12,14-15,33,35H,7-10,13H2,1-3H3,(H,31,34). The fourth-order valence-corrected chi connectivity index (χ4v) is 4.74. The molecule has 0 spiro atoms. The van der Waals surface area contributed by atoms with E-state index in [0.717, 1.165) is 49.2 Å². The number of imidazole rings is 1. The van der Waals surface area contributed by atoms with Crippen LogP contribution in [0.3, 0.4) is 0 Å². The van der Waals surface area contributed by atoms with Gasteiger partial charge >= 0.3 is 6.18 Å². The van der Waals surface area contributed by atoms with E-state index >= 15 is 0 Å². The minimum Gasteiger partial charge on any atom is -0.396 e. The number of hydrogen-bond donors (Lipinski definition) is 3. The molecule has 1 fully saturated rings. The molecule has 2 heterocycles. The van der Waals surface area contributed by atoms with Gasteiger partial charge in [-0.3, -0.25) is 4.79 Å². The van der Waals surface area contributed by atoms with Crippen LogP contribution in [-0.2, 0) is 18.8 Å². The van der Waals surface area contributed by atoms with Crippen molar-refractivity contribution in [2.24, 2.45) is 13.0 Å². The number of aliphatic hydroxyl groups is 2. The Morgan fingerprint density at radius 3 is 2.43 bits per heavy atom. The summed E-state index contributed by atoms with van der Waals surface area (Å²) in [6, 6.07) is 6.52. The van der Waals surface area contributed by atoms with Gasteiger partial charge in [-0.1, -0.05) is 6.07 Å². The van der Waals surface area contributed by atoms with Gasteiger partial charge in [0.1, 0.15) is 17.2 Å². The first-order valence-electron chi connectivity index (χ1n) is 11.6. The third-order valence-electron chi connectivity index (χ3n) is 6.70. The molecule has 4 rings (SSSR count). The van der Waals surface area contributed by atoms with Gasteiger partial charge in [0, 0.05) is 30.8 Å². The average Bonchev–Trinajstić information content (AvgIpc) is 3.13. The van der Waals surface area contributed by atoms with E-state index in [1.54, 1.807) is 26.0 Å². The third kappa shape index (κ3) is 5.18. The molecular weight excluding hydrogens is 461 g/mol. The highest BCUT2D eigenvalue weighted by Crippen LogP contribution is 2.38. The molecule has 0 aliphatic heterocycles. The summed E-state index contributed by atoms with van der Waals surface area (Å²) >= 11 is 0. The lowest BCUT2D eigenvalue weighted by molar-refractivity contribution is -0.141. The molecule has 1 aromatic carbocycles. The van der Waals surface area contributed by atoms with E-state index in [0.29, 0.717) is 17.0 Å². The first-order chi connectivity index (χ1) is 16.4. The van der Waals surface area contributed by atoms with Crippen molar-refractivity contribution in [3.05, 3.63) is 53.1 Å². The van der Waals surface area contributed by atoms with Crippen molar-refractivity contribution >= 4 is 22.6 Å². The van der Waals surface area contributed by atoms with Gasteiger partial charge in [0.25, 0.3) is 5.91 Å². The Morgan fingerprint density at radius 2 is 1.83 bits per heavy atom. The fourth-order valence-electron chi connectivity index (χ4n) is 4.74. The maximum atomic E-state index is 13.0. The molecular formula is C25H29F3N4O3. The minimum absolute atomic E-state index is 0.188. The fraction of sp³-hybridized carbons (Fsp3) is 0.480. The quantitative estimate of drug-likeness (QED) is 0.480. The number of anilines is 1. The van der Waals surface area contributed by atoms with Gasteiger partial charge in [-0.05, 0) is 69.7 Å². The zero-order chi connectivity index (χ0) is 25.5. The lowest BCUT2D eigenvalue weighted by Crippen LogP contribution is -2.22. The maximum absolute atomic E-state index is 13.0. The van der Waals surface area contributed by atoms with Gasteiger partial charge in [-0.2, -0.15) is 13.2 Å². The van der Waals surface area contributed by atoms with E-state index < -0.39 is 23.4 Å². The largest absolute Gasteiger partial charge is 0.433 e. The predicted octanol–water partition coefficient (Wildman–Crippen LogP) is 4.73. The summed E-state index contributed by atoms with van der Waals surface area (Å²) in [4.78, 5) is 21.1. The average molecular weight is 491 g/mol. The maximum Gasteiger partial charge on any atom is 0.433 e. The van der Waals surface area contributed by atoms with Gasteiger partial charge < -0.3 is 20.1 Å². The van der Waals surface area contributed by atoms with Crippen LogP contribution in [0.25, 0.3) is 11.0 Å². The van der Waals surface area contributed by atoms with E-state index in [1.165, 1.54) is 6.07 Å². The van der Waals surface area contributed by atoms with Crippen molar-refractivity contribution in [2.75, 3.05) is 11.9 Å². The number of rotatable bonds is 5. The Kier molecular flexibility index (Phi) is 6.63. The molecule has 35 heavy (non-hydrogen) atoms. The first-order valence-corrected chi connectivity index (χ1v) is 11.6.